The van der Waals surface area contributed by atoms with Gasteiger partial charge in [0.1, 0.15) is 6.04 Å². The summed E-state index contributed by atoms with van der Waals surface area (Å²) in [6.45, 7) is 0. The average Bonchev–Trinajstić information content (AvgIpc) is 3.45. The monoisotopic (exact) mass is 530 g/mol. The smallest absolute Gasteiger partial charge is 0.269 e. The fourth-order valence-electron chi connectivity index (χ4n) is 6.34. The number of anilines is 3. The van der Waals surface area contributed by atoms with Crippen LogP contribution in [0.25, 0.3) is 16.8 Å². The highest BCUT2D eigenvalue weighted by Gasteiger charge is 2.64. The minimum Gasteiger partial charge on any atom is -0.351 e. The van der Waals surface area contributed by atoms with E-state index in [9.17, 15) is 24.5 Å². The molecule has 196 valence electrons. The van der Waals surface area contributed by atoms with Crippen LogP contribution in [-0.2, 0) is 14.4 Å². The highest BCUT2D eigenvalue weighted by atomic mass is 16.6. The van der Waals surface area contributed by atoms with Gasteiger partial charge in [0.15, 0.2) is 0 Å². The number of nitrogens with one attached hydrogen (secondary N) is 1. The van der Waals surface area contributed by atoms with E-state index in [-0.39, 0.29) is 11.6 Å². The molecule has 9 heteroatoms. The van der Waals surface area contributed by atoms with E-state index in [0.717, 1.165) is 22.0 Å². The van der Waals surface area contributed by atoms with E-state index < -0.39 is 40.7 Å². The number of para-hydroxylation sites is 1. The molecule has 0 unspecified atom stereocenters. The van der Waals surface area contributed by atoms with Gasteiger partial charge in [0.25, 0.3) is 5.69 Å². The van der Waals surface area contributed by atoms with Gasteiger partial charge in [0.2, 0.25) is 17.7 Å². The van der Waals surface area contributed by atoms with Crippen LogP contribution >= 0.6 is 0 Å². The van der Waals surface area contributed by atoms with Crippen molar-refractivity contribution in [1.29, 1.82) is 0 Å². The number of nitro benzene ring substituents is 1. The minimum atomic E-state index is -0.979. The van der Waals surface area contributed by atoms with Crippen LogP contribution in [0.1, 0.15) is 5.56 Å². The van der Waals surface area contributed by atoms with Crippen LogP contribution < -0.4 is 15.1 Å². The number of imide groups is 1. The maximum Gasteiger partial charge on any atom is 0.269 e. The molecular formula is C31H22N4O5. The Labute approximate surface area is 228 Å². The molecule has 3 aliphatic rings. The summed E-state index contributed by atoms with van der Waals surface area (Å²) < 4.78 is 0. The molecule has 4 aromatic carbocycles. The molecule has 0 bridgehead atoms. The van der Waals surface area contributed by atoms with Gasteiger partial charge in [-0.05, 0) is 35.2 Å². The van der Waals surface area contributed by atoms with Gasteiger partial charge in [-0.1, -0.05) is 66.7 Å². The van der Waals surface area contributed by atoms with E-state index in [1.807, 2.05) is 77.7 Å². The second-order valence-corrected chi connectivity index (χ2v) is 10.1. The average molecular weight is 531 g/mol. The molecule has 3 amide bonds. The first kappa shape index (κ1) is 23.8. The van der Waals surface area contributed by atoms with Crippen LogP contribution in [0.3, 0.4) is 0 Å². The lowest BCUT2D eigenvalue weighted by molar-refractivity contribution is -0.384. The van der Waals surface area contributed by atoms with Crippen molar-refractivity contribution >= 4 is 57.3 Å². The number of amides is 3. The van der Waals surface area contributed by atoms with Crippen LogP contribution in [0.15, 0.2) is 97.1 Å². The highest BCUT2D eigenvalue weighted by Crippen LogP contribution is 2.50. The molecule has 1 N–H and O–H groups in total. The first-order valence-corrected chi connectivity index (χ1v) is 12.9. The van der Waals surface area contributed by atoms with Gasteiger partial charge in [-0.15, -0.1) is 0 Å². The summed E-state index contributed by atoms with van der Waals surface area (Å²) in [5.74, 6) is -2.90. The van der Waals surface area contributed by atoms with Gasteiger partial charge in [-0.2, -0.15) is 0 Å². The van der Waals surface area contributed by atoms with Crippen molar-refractivity contribution in [2.45, 2.75) is 12.1 Å². The largest absolute Gasteiger partial charge is 0.351 e. The van der Waals surface area contributed by atoms with E-state index in [4.69, 9.17) is 0 Å². The number of non-ortho nitro benzene ring substituents is 1. The molecule has 0 saturated carbocycles. The molecular weight excluding hydrogens is 508 g/mol. The summed E-state index contributed by atoms with van der Waals surface area (Å²) in [7, 11) is 0. The predicted molar refractivity (Wildman–Crippen MR) is 151 cm³/mol. The Bertz CT molecular complexity index is 1760. The van der Waals surface area contributed by atoms with E-state index in [1.54, 1.807) is 6.07 Å². The molecule has 2 saturated heterocycles. The van der Waals surface area contributed by atoms with Crippen LogP contribution in [0.2, 0.25) is 0 Å². The maximum atomic E-state index is 14.2. The quantitative estimate of drug-likeness (QED) is 0.231. The van der Waals surface area contributed by atoms with Gasteiger partial charge < -0.3 is 10.2 Å². The zero-order chi connectivity index (χ0) is 27.5. The standard InChI is InChI=1S/C31H22N4O5/c36-29(32-20-13-15-21(16-14-20)35(39)40)28-27-26(25-17-12-19-7-2-4-10-23(19)33(25)28)30(37)34(31(27)38)24-11-5-8-18-6-1-3-9-22(18)24/h1-17,25-28H,(H,32,36)/t25-,26+,27+,28-/m0/s1. The lowest BCUT2D eigenvalue weighted by Gasteiger charge is -2.36. The number of hydrogen-bond donors (Lipinski definition) is 1. The maximum absolute atomic E-state index is 14.2. The SMILES string of the molecule is O=C(Nc1ccc([N+](=O)[O-])cc1)[C@@H]1[C@@H]2C(=O)N(c3cccc4ccccc34)C(=O)[C@@H]2[C@@H]2C=Cc3ccccc3N12. The Balaban J connectivity index is 1.32. The number of benzene rings is 4. The second-order valence-electron chi connectivity index (χ2n) is 10.1. The summed E-state index contributed by atoms with van der Waals surface area (Å²) in [6, 6.07) is 24.7. The number of carbonyl (C=O) groups is 3. The number of nitrogens with zero attached hydrogens (tertiary/aromatic N) is 3. The Hall–Kier alpha value is -5.31. The Morgan fingerprint density at radius 1 is 0.800 bits per heavy atom. The van der Waals surface area contributed by atoms with E-state index in [0.29, 0.717) is 11.4 Å². The van der Waals surface area contributed by atoms with Crippen molar-refractivity contribution in [3.05, 3.63) is 113 Å². The van der Waals surface area contributed by atoms with Gasteiger partial charge in [0.05, 0.1) is 28.5 Å². The van der Waals surface area contributed by atoms with Crippen molar-refractivity contribution < 1.29 is 19.3 Å². The summed E-state index contributed by atoms with van der Waals surface area (Å²) in [5, 5.41) is 15.6. The zero-order valence-corrected chi connectivity index (χ0v) is 21.0. The van der Waals surface area contributed by atoms with Crippen LogP contribution in [-0.4, -0.2) is 34.7 Å². The number of nitro groups is 1. The van der Waals surface area contributed by atoms with Crippen LogP contribution in [0.4, 0.5) is 22.7 Å². The fraction of sp³-hybridized carbons (Fsp3) is 0.129. The first-order chi connectivity index (χ1) is 19.4. The third-order valence-corrected chi connectivity index (χ3v) is 8.04. The molecule has 40 heavy (non-hydrogen) atoms. The van der Waals surface area contributed by atoms with Crippen LogP contribution in [0, 0.1) is 22.0 Å². The van der Waals surface area contributed by atoms with E-state index >= 15 is 0 Å². The molecule has 7 rings (SSSR count). The third kappa shape index (κ3) is 3.44. The third-order valence-electron chi connectivity index (χ3n) is 8.04. The van der Waals surface area contributed by atoms with Crippen molar-refractivity contribution in [2.75, 3.05) is 15.1 Å². The number of fused-ring (bicyclic) bond motifs is 6. The lowest BCUT2D eigenvalue weighted by atomic mass is 9.88. The molecule has 9 nitrogen and oxygen atoms in total. The summed E-state index contributed by atoms with van der Waals surface area (Å²) >= 11 is 0. The second kappa shape index (κ2) is 8.88. The fourth-order valence-corrected chi connectivity index (χ4v) is 6.34. The molecule has 2 fully saturated rings. The highest BCUT2D eigenvalue weighted by molar-refractivity contribution is 6.27. The van der Waals surface area contributed by atoms with Gasteiger partial charge in [0, 0.05) is 28.9 Å². The molecule has 4 aromatic rings. The van der Waals surface area contributed by atoms with Crippen molar-refractivity contribution in [2.24, 2.45) is 11.8 Å². The summed E-state index contributed by atoms with van der Waals surface area (Å²) in [4.78, 5) is 55.9. The molecule has 0 aromatic heterocycles. The van der Waals surface area contributed by atoms with Gasteiger partial charge in [-0.3, -0.25) is 24.5 Å². The van der Waals surface area contributed by atoms with E-state index in [2.05, 4.69) is 5.32 Å². The van der Waals surface area contributed by atoms with Gasteiger partial charge >= 0.3 is 0 Å². The lowest BCUT2D eigenvalue weighted by Crippen LogP contribution is -2.50. The summed E-state index contributed by atoms with van der Waals surface area (Å²) in [5.41, 5.74) is 2.42. The number of rotatable bonds is 4. The molecule has 3 aliphatic heterocycles. The summed E-state index contributed by atoms with van der Waals surface area (Å²) in [6.07, 6.45) is 3.83. The molecule has 4 atom stereocenters. The van der Waals surface area contributed by atoms with Crippen LogP contribution in [0.5, 0.6) is 0 Å². The Kier molecular flexibility index (Phi) is 5.28. The Morgan fingerprint density at radius 2 is 1.48 bits per heavy atom. The molecule has 3 heterocycles. The molecule has 0 spiro atoms. The van der Waals surface area contributed by atoms with Crippen molar-refractivity contribution in [3.8, 4) is 0 Å². The predicted octanol–water partition coefficient (Wildman–Crippen LogP) is 4.78. The van der Waals surface area contributed by atoms with Crippen molar-refractivity contribution in [3.63, 3.8) is 0 Å². The minimum absolute atomic E-state index is 0.101. The molecule has 0 radical (unpaired) electrons. The Morgan fingerprint density at radius 3 is 2.27 bits per heavy atom. The van der Waals surface area contributed by atoms with Crippen molar-refractivity contribution in [1.82, 2.24) is 0 Å². The van der Waals surface area contributed by atoms with Gasteiger partial charge in [-0.25, -0.2) is 4.90 Å². The topological polar surface area (TPSA) is 113 Å². The first-order valence-electron chi connectivity index (χ1n) is 12.9. The zero-order valence-electron chi connectivity index (χ0n) is 21.0. The number of carbonyl (C=O) groups excluding carboxylic acids is 3. The van der Waals surface area contributed by atoms with E-state index in [1.165, 1.54) is 29.2 Å². The molecule has 0 aliphatic carbocycles. The number of hydrogen-bond acceptors (Lipinski definition) is 6. The normalized spacial score (nSPS) is 22.7.